The Morgan fingerprint density at radius 3 is 2.20 bits per heavy atom. The van der Waals surface area contributed by atoms with Gasteiger partial charge < -0.3 is 14.8 Å². The van der Waals surface area contributed by atoms with E-state index in [0.717, 1.165) is 18.5 Å². The van der Waals surface area contributed by atoms with Crippen LogP contribution in [0, 0.1) is 0 Å². The van der Waals surface area contributed by atoms with Crippen LogP contribution < -0.4 is 5.32 Å². The van der Waals surface area contributed by atoms with Gasteiger partial charge in [-0.25, -0.2) is 14.6 Å². The van der Waals surface area contributed by atoms with Gasteiger partial charge >= 0.3 is 11.9 Å². The highest BCUT2D eigenvalue weighted by Gasteiger charge is 2.20. The Kier molecular flexibility index (Phi) is 6.17. The molecule has 0 aliphatic carbocycles. The fraction of sp³-hybridized carbons (Fsp3) is 0.462. The molecule has 0 aromatic carbocycles. The van der Waals surface area contributed by atoms with Gasteiger partial charge in [0.1, 0.15) is 0 Å². The van der Waals surface area contributed by atoms with E-state index in [4.69, 9.17) is 0 Å². The minimum atomic E-state index is -0.757. The lowest BCUT2D eigenvalue weighted by molar-refractivity contribution is -0.144. The number of aryl methyl sites for hydroxylation is 2. The number of nitrogens with one attached hydrogen (secondary N) is 1. The van der Waals surface area contributed by atoms with Crippen molar-refractivity contribution >= 4 is 28.4 Å². The predicted octanol–water partition coefficient (Wildman–Crippen LogP) is 1.91. The molecule has 0 atom stereocenters. The average Bonchev–Trinajstić information content (AvgIpc) is 2.88. The van der Waals surface area contributed by atoms with E-state index in [-0.39, 0.29) is 5.57 Å². The molecule has 0 unspecified atom stereocenters. The van der Waals surface area contributed by atoms with E-state index in [0.29, 0.717) is 5.13 Å². The number of carbonyl (C=O) groups is 2. The van der Waals surface area contributed by atoms with E-state index in [9.17, 15) is 9.59 Å². The number of aromatic nitrogens is 1. The van der Waals surface area contributed by atoms with Crippen molar-refractivity contribution in [2.45, 2.75) is 26.7 Å². The van der Waals surface area contributed by atoms with Gasteiger partial charge in [-0.05, 0) is 12.8 Å². The van der Waals surface area contributed by atoms with Crippen LogP contribution in [0.2, 0.25) is 0 Å². The van der Waals surface area contributed by atoms with E-state index >= 15 is 0 Å². The lowest BCUT2D eigenvalue weighted by atomic mass is 10.2. The Labute approximate surface area is 121 Å². The molecular formula is C13H18N2O4S. The molecule has 0 spiro atoms. The molecule has 20 heavy (non-hydrogen) atoms. The lowest BCUT2D eigenvalue weighted by Gasteiger charge is -2.03. The first-order chi connectivity index (χ1) is 9.57. The molecule has 0 aliphatic heterocycles. The van der Waals surface area contributed by atoms with E-state index in [1.807, 2.05) is 6.92 Å². The normalized spacial score (nSPS) is 9.80. The Bertz CT molecular complexity index is 483. The molecule has 1 aromatic rings. The van der Waals surface area contributed by atoms with Gasteiger partial charge in [-0.2, -0.15) is 0 Å². The number of hydrogen-bond acceptors (Lipinski definition) is 7. The summed E-state index contributed by atoms with van der Waals surface area (Å²) in [5, 5.41) is 3.48. The third-order valence-corrected chi connectivity index (χ3v) is 3.76. The number of esters is 2. The van der Waals surface area contributed by atoms with E-state index < -0.39 is 11.9 Å². The number of nitrogens with zero attached hydrogens (tertiary/aromatic N) is 1. The van der Waals surface area contributed by atoms with Crippen LogP contribution in [0.5, 0.6) is 0 Å². The summed E-state index contributed by atoms with van der Waals surface area (Å²) in [6.07, 6.45) is 2.99. The summed E-state index contributed by atoms with van der Waals surface area (Å²) in [6.45, 7) is 4.09. The minimum absolute atomic E-state index is 0.207. The maximum absolute atomic E-state index is 11.5. The molecule has 0 saturated heterocycles. The quantitative estimate of drug-likeness (QED) is 0.374. The minimum Gasteiger partial charge on any atom is -0.465 e. The molecule has 0 saturated carbocycles. The van der Waals surface area contributed by atoms with Crippen LogP contribution in [0.3, 0.4) is 0 Å². The highest BCUT2D eigenvalue weighted by Crippen LogP contribution is 2.24. The molecule has 1 N–H and O–H groups in total. The Balaban J connectivity index is 2.94. The first-order valence-corrected chi connectivity index (χ1v) is 7.00. The number of carbonyl (C=O) groups excluding carboxylic acids is 2. The summed E-state index contributed by atoms with van der Waals surface area (Å²) in [5.41, 5.74) is 0.812. The molecule has 0 amide bonds. The van der Waals surface area contributed by atoms with Crippen molar-refractivity contribution in [2.75, 3.05) is 19.5 Å². The van der Waals surface area contributed by atoms with Crippen LogP contribution in [0.15, 0.2) is 11.8 Å². The van der Waals surface area contributed by atoms with Crippen molar-refractivity contribution in [1.82, 2.24) is 4.98 Å². The number of thiazole rings is 1. The highest BCUT2D eigenvalue weighted by molar-refractivity contribution is 7.15. The van der Waals surface area contributed by atoms with Crippen LogP contribution in [-0.2, 0) is 31.9 Å². The van der Waals surface area contributed by atoms with Crippen molar-refractivity contribution in [2.24, 2.45) is 0 Å². The average molecular weight is 298 g/mol. The van der Waals surface area contributed by atoms with E-state index in [2.05, 4.69) is 26.7 Å². The van der Waals surface area contributed by atoms with Crippen LogP contribution in [0.25, 0.3) is 0 Å². The van der Waals surface area contributed by atoms with Crippen LogP contribution in [-0.4, -0.2) is 31.1 Å². The van der Waals surface area contributed by atoms with Crippen molar-refractivity contribution in [3.8, 4) is 0 Å². The molecule has 0 aliphatic rings. The molecule has 1 rings (SSSR count). The summed E-state index contributed by atoms with van der Waals surface area (Å²) in [5.74, 6) is -1.51. The summed E-state index contributed by atoms with van der Waals surface area (Å²) < 4.78 is 9.06. The summed E-state index contributed by atoms with van der Waals surface area (Å²) in [7, 11) is 2.40. The second kappa shape index (κ2) is 7.64. The van der Waals surface area contributed by atoms with Crippen LogP contribution in [0.4, 0.5) is 5.13 Å². The molecule has 0 radical (unpaired) electrons. The Hall–Kier alpha value is -1.89. The predicted molar refractivity (Wildman–Crippen MR) is 76.6 cm³/mol. The van der Waals surface area contributed by atoms with Gasteiger partial charge in [-0.15, -0.1) is 11.3 Å². The number of rotatable bonds is 6. The zero-order valence-corrected chi connectivity index (χ0v) is 12.8. The maximum atomic E-state index is 11.5. The van der Waals surface area contributed by atoms with Crippen molar-refractivity contribution in [1.29, 1.82) is 0 Å². The first-order valence-electron chi connectivity index (χ1n) is 6.19. The van der Waals surface area contributed by atoms with Crippen molar-refractivity contribution in [3.05, 3.63) is 22.3 Å². The van der Waals surface area contributed by atoms with Crippen LogP contribution >= 0.6 is 11.3 Å². The fourth-order valence-corrected chi connectivity index (χ4v) is 2.51. The molecule has 0 fully saturated rings. The monoisotopic (exact) mass is 298 g/mol. The molecule has 6 nitrogen and oxygen atoms in total. The highest BCUT2D eigenvalue weighted by atomic mass is 32.1. The second-order valence-electron chi connectivity index (χ2n) is 3.78. The zero-order valence-electron chi connectivity index (χ0n) is 12.0. The summed E-state index contributed by atoms with van der Waals surface area (Å²) >= 11 is 1.49. The van der Waals surface area contributed by atoms with E-state index in [1.165, 1.54) is 36.6 Å². The number of methoxy groups -OCH3 is 2. The largest absolute Gasteiger partial charge is 0.465 e. The van der Waals surface area contributed by atoms with Gasteiger partial charge in [-0.3, -0.25) is 0 Å². The SMILES string of the molecule is CCc1nc(NC=C(C(=O)OC)C(=O)OC)sc1CC. The molecular weight excluding hydrogens is 280 g/mol. The number of ether oxygens (including phenoxy) is 2. The summed E-state index contributed by atoms with van der Waals surface area (Å²) in [4.78, 5) is 28.5. The topological polar surface area (TPSA) is 77.5 Å². The third-order valence-electron chi connectivity index (χ3n) is 2.58. The van der Waals surface area contributed by atoms with Crippen LogP contribution in [0.1, 0.15) is 24.4 Å². The van der Waals surface area contributed by atoms with Gasteiger partial charge in [0.2, 0.25) is 0 Å². The standard InChI is InChI=1S/C13H18N2O4S/c1-5-9-10(6-2)20-13(15-9)14-7-8(11(16)18-3)12(17)19-4/h7H,5-6H2,1-4H3,(H,14,15). The fourth-order valence-electron chi connectivity index (χ4n) is 1.55. The molecule has 1 aromatic heterocycles. The molecule has 110 valence electrons. The molecule has 7 heteroatoms. The van der Waals surface area contributed by atoms with E-state index in [1.54, 1.807) is 0 Å². The maximum Gasteiger partial charge on any atom is 0.346 e. The van der Waals surface area contributed by atoms with Gasteiger partial charge in [0, 0.05) is 11.1 Å². The van der Waals surface area contributed by atoms with Gasteiger partial charge in [0.05, 0.1) is 19.9 Å². The molecule has 1 heterocycles. The summed E-state index contributed by atoms with van der Waals surface area (Å²) in [6, 6.07) is 0. The Morgan fingerprint density at radius 1 is 1.20 bits per heavy atom. The smallest absolute Gasteiger partial charge is 0.346 e. The number of hydrogen-bond donors (Lipinski definition) is 1. The molecule has 0 bridgehead atoms. The van der Waals surface area contributed by atoms with Gasteiger partial charge in [0.15, 0.2) is 10.7 Å². The zero-order chi connectivity index (χ0) is 15.1. The van der Waals surface area contributed by atoms with Gasteiger partial charge in [0.25, 0.3) is 0 Å². The second-order valence-corrected chi connectivity index (χ2v) is 4.87. The lowest BCUT2D eigenvalue weighted by Crippen LogP contribution is -2.17. The Morgan fingerprint density at radius 2 is 1.80 bits per heavy atom. The number of anilines is 1. The van der Waals surface area contributed by atoms with Crippen molar-refractivity contribution < 1.29 is 19.1 Å². The van der Waals surface area contributed by atoms with Gasteiger partial charge in [-0.1, -0.05) is 13.8 Å². The third kappa shape index (κ3) is 3.80. The van der Waals surface area contributed by atoms with Crippen molar-refractivity contribution in [3.63, 3.8) is 0 Å². The first kappa shape index (κ1) is 16.2.